The van der Waals surface area contributed by atoms with Gasteiger partial charge in [0.25, 0.3) is 5.56 Å². The fourth-order valence-corrected chi connectivity index (χ4v) is 10.9. The molecule has 9 aromatic rings. The van der Waals surface area contributed by atoms with Gasteiger partial charge in [-0.15, -0.1) is 0 Å². The number of carboxylic acid groups (broad SMARTS) is 1. The van der Waals surface area contributed by atoms with Gasteiger partial charge in [-0.05, 0) is 154 Å². The van der Waals surface area contributed by atoms with Gasteiger partial charge in [0.05, 0.1) is 89.3 Å². The van der Waals surface area contributed by atoms with Gasteiger partial charge in [0.2, 0.25) is 11.8 Å². The number of hydrogen-bond acceptors (Lipinski definition) is 17. The van der Waals surface area contributed by atoms with Gasteiger partial charge in [0, 0.05) is 42.0 Å². The molecule has 0 radical (unpaired) electrons. The standard InChI is InChI=1S/C18H21NO3.C15H15NO2.C14H12N2O.C11H11N.C10H16O6.C7H12O4.C3H5ClO2.ClH/c1-13-12-21-18(2,22-13)10-17(20)19-11-14-7-8-15-5-3-4-6-16(15)9-14;1-11(17)8-15(18)16-10-12-6-7-13-4-2-3-5-14(13)9-12;1-10-8-14(17)15-16(10)13-7-6-11-4-2-3-5-12(11)9-13;12-8-9-5-6-10-3-1-2-4-11(10)7-9;1-4-13-9(12)15-8(11)5-10(3)14-6-7(2)16-10;1-5-4-10-7(2,11-5)3-6(8)9;1-2-6-3(4)5;/h3-9,13H,10-12H2,1-2H3,(H,19,20);2-7,9H,8,10H2,1H3,(H,16,18);2-9H,1H3,(H,15,17);1-7H,8,12H2;7H,4-6H2,1-3H3;5H,3-4H2,1-2H3,(H,8,9);2H2,1H3;1H. The van der Waals surface area contributed by atoms with Crippen molar-refractivity contribution in [3.63, 3.8) is 0 Å². The van der Waals surface area contributed by atoms with Gasteiger partial charge in [-0.1, -0.05) is 140 Å². The van der Waals surface area contributed by atoms with E-state index in [2.05, 4.69) is 127 Å². The molecular weight excluding hydrogens is 1370 g/mol. The van der Waals surface area contributed by atoms with Crippen LogP contribution in [0.5, 0.6) is 0 Å². The molecule has 7 N–H and O–H groups in total. The Hall–Kier alpha value is -9.40. The molecule has 2 amide bonds. The number of hydrogen-bond donors (Lipinski definition) is 5. The Labute approximate surface area is 610 Å². The zero-order valence-corrected chi connectivity index (χ0v) is 61.3. The van der Waals surface area contributed by atoms with Crippen molar-refractivity contribution in [2.24, 2.45) is 0 Å². The molecule has 3 fully saturated rings. The molecule has 25 heteroatoms. The Morgan fingerprint density at radius 2 is 0.942 bits per heavy atom. The van der Waals surface area contributed by atoms with Crippen LogP contribution in [-0.2, 0) is 86.2 Å². The summed E-state index contributed by atoms with van der Waals surface area (Å²) < 4.78 is 47.1. The third-order valence-corrected chi connectivity index (χ3v) is 15.5. The molecule has 3 aliphatic heterocycles. The molecule has 103 heavy (non-hydrogen) atoms. The number of carbonyl (C=O) groups excluding carboxylic acids is 6. The second kappa shape index (κ2) is 41.6. The number of benzene rings is 8. The number of ether oxygens (including phenoxy) is 9. The van der Waals surface area contributed by atoms with Gasteiger partial charge in [-0.3, -0.25) is 38.5 Å². The van der Waals surface area contributed by atoms with E-state index >= 15 is 0 Å². The van der Waals surface area contributed by atoms with E-state index in [4.69, 9.17) is 45.1 Å². The first-order valence-corrected chi connectivity index (χ1v) is 33.8. The number of carbonyl (C=O) groups is 7. The molecule has 12 rings (SSSR count). The van der Waals surface area contributed by atoms with Crippen LogP contribution >= 0.6 is 11.6 Å². The summed E-state index contributed by atoms with van der Waals surface area (Å²) >= 11 is 4.72. The van der Waals surface area contributed by atoms with Crippen LogP contribution in [-0.4, -0.2) is 125 Å². The molecule has 8 aromatic carbocycles. The van der Waals surface area contributed by atoms with E-state index in [-0.39, 0.29) is 86.2 Å². The van der Waals surface area contributed by atoms with Crippen molar-refractivity contribution in [3.8, 4) is 5.69 Å². The summed E-state index contributed by atoms with van der Waals surface area (Å²) in [5, 5.41) is 26.6. The third kappa shape index (κ3) is 29.5. The van der Waals surface area contributed by atoms with Crippen molar-refractivity contribution in [1.82, 2.24) is 20.4 Å². The van der Waals surface area contributed by atoms with Gasteiger partial charge < -0.3 is 76.5 Å². The van der Waals surface area contributed by atoms with Gasteiger partial charge >= 0.3 is 23.5 Å². The number of rotatable bonds is 16. The van der Waals surface area contributed by atoms with E-state index in [0.717, 1.165) is 34.4 Å². The lowest BCUT2D eigenvalue weighted by atomic mass is 10.1. The summed E-state index contributed by atoms with van der Waals surface area (Å²) in [6.07, 6.45) is -1.10. The van der Waals surface area contributed by atoms with Crippen LogP contribution in [0.4, 0.5) is 9.59 Å². The summed E-state index contributed by atoms with van der Waals surface area (Å²) in [4.78, 5) is 87.5. The highest BCUT2D eigenvalue weighted by Crippen LogP contribution is 2.29. The number of nitrogens with zero attached hydrogens (tertiary/aromatic N) is 1. The minimum absolute atomic E-state index is 0. The van der Waals surface area contributed by atoms with Crippen molar-refractivity contribution < 1.29 is 99.4 Å². The SMILES string of the molecule is CC(=O)CC(=O)NCc1ccc2ccccc2c1.CC1COC(C)(CC(=O)NCc2ccc3ccccc3c2)O1.CC1COC(C)(CC(=O)O)O1.CCOC(=O)Cl.CCOC(=O)OC(=O)CC1(C)OCC(C)O1.Cc1cc(=O)[nH]n1-c1ccc2ccccc2c1.[Cl-].[NH3+]Cc1ccc2ccccc2c1. The molecule has 1 aromatic heterocycles. The largest absolute Gasteiger partial charge is 1.00 e. The Morgan fingerprint density at radius 3 is 1.31 bits per heavy atom. The van der Waals surface area contributed by atoms with E-state index in [1.54, 1.807) is 38.4 Å². The number of aryl methyl sites for hydroxylation is 1. The maximum atomic E-state index is 12.1. The summed E-state index contributed by atoms with van der Waals surface area (Å²) in [7, 11) is 0. The number of quaternary nitrogens is 1. The number of aliphatic carboxylic acids is 1. The number of nitrogens with one attached hydrogen (secondary N) is 3. The first kappa shape index (κ1) is 84.3. The Bertz CT molecular complexity index is 4340. The number of carboxylic acids is 1. The molecule has 6 unspecified atom stereocenters. The summed E-state index contributed by atoms with van der Waals surface area (Å²) in [5.41, 5.74) is 8.35. The van der Waals surface area contributed by atoms with Gasteiger partial charge in [-0.2, -0.15) is 0 Å². The van der Waals surface area contributed by atoms with Crippen LogP contribution < -0.4 is 34.3 Å². The fraction of sp³-hybridized carbons (Fsp3) is 0.359. The molecule has 4 heterocycles. The normalized spacial score (nSPS) is 19.0. The predicted octanol–water partition coefficient (Wildman–Crippen LogP) is 9.87. The molecule has 23 nitrogen and oxygen atoms in total. The average molecular weight is 1460 g/mol. The molecule has 0 bridgehead atoms. The van der Waals surface area contributed by atoms with E-state index in [1.165, 1.54) is 50.2 Å². The van der Waals surface area contributed by atoms with E-state index in [1.807, 2.05) is 113 Å². The van der Waals surface area contributed by atoms with Crippen LogP contribution in [0, 0.1) is 6.92 Å². The summed E-state index contributed by atoms with van der Waals surface area (Å²) in [6.45, 7) is 21.1. The van der Waals surface area contributed by atoms with E-state index in [9.17, 15) is 38.4 Å². The zero-order valence-electron chi connectivity index (χ0n) is 59.8. The maximum absolute atomic E-state index is 12.1. The molecule has 3 saturated heterocycles. The molecule has 552 valence electrons. The number of halogens is 2. The number of H-pyrrole nitrogens is 1. The number of ketones is 1. The van der Waals surface area contributed by atoms with Crippen molar-refractivity contribution in [2.45, 2.75) is 150 Å². The molecule has 0 aliphatic carbocycles. The van der Waals surface area contributed by atoms with Crippen molar-refractivity contribution >= 4 is 95.8 Å². The highest BCUT2D eigenvalue weighted by molar-refractivity contribution is 6.61. The minimum atomic E-state index is -1.01. The van der Waals surface area contributed by atoms with Crippen LogP contribution in [0.3, 0.4) is 0 Å². The minimum Gasteiger partial charge on any atom is -1.00 e. The second-order valence-electron chi connectivity index (χ2n) is 24.7. The quantitative estimate of drug-likeness (QED) is 0.0341. The van der Waals surface area contributed by atoms with Crippen LogP contribution in [0.25, 0.3) is 48.8 Å². The zero-order chi connectivity index (χ0) is 74.4. The smallest absolute Gasteiger partial charge is 0.516 e. The number of fused-ring (bicyclic) bond motifs is 4. The average Bonchev–Trinajstić information content (AvgIpc) is 1.79. The van der Waals surface area contributed by atoms with Crippen LogP contribution in [0.15, 0.2) is 181 Å². The molecule has 0 saturated carbocycles. The molecule has 6 atom stereocenters. The first-order valence-electron chi connectivity index (χ1n) is 33.5. The lowest BCUT2D eigenvalue weighted by Gasteiger charge is -2.22. The van der Waals surface area contributed by atoms with Crippen molar-refractivity contribution in [3.05, 3.63) is 209 Å². The fourth-order valence-electron chi connectivity index (χ4n) is 10.8. The molecule has 3 aliphatic rings. The Balaban J connectivity index is 0.000000221. The second-order valence-corrected chi connectivity index (χ2v) is 25.0. The molecular formula is C78H93Cl2N5O18. The van der Waals surface area contributed by atoms with E-state index < -0.39 is 40.9 Å². The lowest BCUT2D eigenvalue weighted by molar-refractivity contribution is -0.386. The number of aromatic nitrogens is 2. The monoisotopic (exact) mass is 1460 g/mol. The highest BCUT2D eigenvalue weighted by atomic mass is 35.5. The number of aromatic amines is 1. The first-order chi connectivity index (χ1) is 48.6. The maximum Gasteiger partial charge on any atom is 0.516 e. The Morgan fingerprint density at radius 1 is 0.553 bits per heavy atom. The third-order valence-electron chi connectivity index (χ3n) is 15.4. The van der Waals surface area contributed by atoms with Crippen LogP contribution in [0.2, 0.25) is 0 Å². The summed E-state index contributed by atoms with van der Waals surface area (Å²) in [5.74, 6) is -4.76. The number of Topliss-reactive ketones (excluding diaryl/α,β-unsaturated/α-hetero) is 1. The number of esters is 1. The van der Waals surface area contributed by atoms with Crippen molar-refractivity contribution in [2.75, 3.05) is 33.0 Å². The topological polar surface area (TPSA) is 312 Å². The van der Waals surface area contributed by atoms with Gasteiger partial charge in [0.1, 0.15) is 5.78 Å². The van der Waals surface area contributed by atoms with Gasteiger partial charge in [0.15, 0.2) is 17.4 Å². The van der Waals surface area contributed by atoms with Crippen LogP contribution in [0.1, 0.15) is 110 Å². The van der Waals surface area contributed by atoms with Crippen molar-refractivity contribution in [1.29, 1.82) is 0 Å². The summed E-state index contributed by atoms with van der Waals surface area (Å²) in [6, 6.07) is 59.3. The van der Waals surface area contributed by atoms with E-state index in [0.29, 0.717) is 39.5 Å². The predicted molar refractivity (Wildman–Crippen MR) is 388 cm³/mol. The van der Waals surface area contributed by atoms with Gasteiger partial charge in [-0.25, -0.2) is 9.59 Å². The highest BCUT2D eigenvalue weighted by Gasteiger charge is 2.40. The Kier molecular flexibility index (Phi) is 34.1. The molecule has 0 spiro atoms. The number of amides is 2. The lowest BCUT2D eigenvalue weighted by Crippen LogP contribution is -3.00.